The third-order valence-electron chi connectivity index (χ3n) is 3.33. The van der Waals surface area contributed by atoms with Gasteiger partial charge >= 0.3 is 5.97 Å². The van der Waals surface area contributed by atoms with Crippen LogP contribution >= 0.6 is 0 Å². The molecule has 0 radical (unpaired) electrons. The van der Waals surface area contributed by atoms with E-state index in [2.05, 4.69) is 16.8 Å². The van der Waals surface area contributed by atoms with Gasteiger partial charge in [-0.1, -0.05) is 6.92 Å². The van der Waals surface area contributed by atoms with Crippen LogP contribution in [0.15, 0.2) is 24.4 Å². The monoisotopic (exact) mass is 246 g/mol. The maximum Gasteiger partial charge on any atom is 0.328 e. The lowest BCUT2D eigenvalue weighted by molar-refractivity contribution is -0.131. The van der Waals surface area contributed by atoms with Gasteiger partial charge in [0, 0.05) is 24.9 Å². The lowest BCUT2D eigenvalue weighted by Gasteiger charge is -2.24. The van der Waals surface area contributed by atoms with E-state index in [0.717, 1.165) is 30.4 Å². The standard InChI is InChI=1S/C14H18N2O2/c1-2-12-4-3-9-16(12)13-7-5-11(10-15-13)6-8-14(17)18/h5-8,10,12H,2-4,9H2,1H3,(H,17,18)/b8-6+. The minimum Gasteiger partial charge on any atom is -0.478 e. The van der Waals surface area contributed by atoms with Crippen molar-refractivity contribution in [3.63, 3.8) is 0 Å². The number of carboxylic acids is 1. The molecule has 2 heterocycles. The van der Waals surface area contributed by atoms with Crippen LogP contribution in [-0.2, 0) is 4.79 Å². The Morgan fingerprint density at radius 2 is 2.44 bits per heavy atom. The smallest absolute Gasteiger partial charge is 0.328 e. The fourth-order valence-corrected chi connectivity index (χ4v) is 2.40. The van der Waals surface area contributed by atoms with E-state index in [1.165, 1.54) is 12.8 Å². The number of aromatic nitrogens is 1. The minimum absolute atomic E-state index is 0.595. The van der Waals surface area contributed by atoms with Crippen LogP contribution < -0.4 is 4.90 Å². The van der Waals surface area contributed by atoms with Crippen molar-refractivity contribution in [1.82, 2.24) is 4.98 Å². The van der Waals surface area contributed by atoms with E-state index in [1.807, 2.05) is 12.1 Å². The molecule has 1 N–H and O–H groups in total. The normalized spacial score (nSPS) is 19.6. The molecule has 2 rings (SSSR count). The Balaban J connectivity index is 2.10. The fourth-order valence-electron chi connectivity index (χ4n) is 2.40. The first-order chi connectivity index (χ1) is 8.70. The molecule has 1 aliphatic rings. The Kier molecular flexibility index (Phi) is 3.97. The second-order valence-corrected chi connectivity index (χ2v) is 4.52. The van der Waals surface area contributed by atoms with Gasteiger partial charge in [0.25, 0.3) is 0 Å². The van der Waals surface area contributed by atoms with Crippen LogP contribution in [0.5, 0.6) is 0 Å². The first kappa shape index (κ1) is 12.6. The number of anilines is 1. The molecule has 4 heteroatoms. The van der Waals surface area contributed by atoms with Gasteiger partial charge in [-0.2, -0.15) is 0 Å². The largest absolute Gasteiger partial charge is 0.478 e. The topological polar surface area (TPSA) is 53.4 Å². The molecular formula is C14H18N2O2. The molecule has 1 unspecified atom stereocenters. The maximum atomic E-state index is 10.4. The second-order valence-electron chi connectivity index (χ2n) is 4.52. The highest BCUT2D eigenvalue weighted by Gasteiger charge is 2.23. The Labute approximate surface area is 107 Å². The van der Waals surface area contributed by atoms with Gasteiger partial charge in [0.1, 0.15) is 5.82 Å². The molecule has 1 aromatic rings. The Bertz CT molecular complexity index is 440. The van der Waals surface area contributed by atoms with Crippen LogP contribution in [0.3, 0.4) is 0 Å². The number of aliphatic carboxylic acids is 1. The van der Waals surface area contributed by atoms with Crippen molar-refractivity contribution in [2.45, 2.75) is 32.2 Å². The predicted molar refractivity (Wildman–Crippen MR) is 71.6 cm³/mol. The summed E-state index contributed by atoms with van der Waals surface area (Å²) in [7, 11) is 0. The van der Waals surface area contributed by atoms with Gasteiger partial charge < -0.3 is 10.0 Å². The van der Waals surface area contributed by atoms with E-state index >= 15 is 0 Å². The second kappa shape index (κ2) is 5.67. The molecule has 96 valence electrons. The summed E-state index contributed by atoms with van der Waals surface area (Å²) in [5.74, 6) is 0.0523. The van der Waals surface area contributed by atoms with Crippen molar-refractivity contribution in [2.75, 3.05) is 11.4 Å². The lowest BCUT2D eigenvalue weighted by Crippen LogP contribution is -2.29. The predicted octanol–water partition coefficient (Wildman–Crippen LogP) is 2.56. The first-order valence-corrected chi connectivity index (χ1v) is 6.34. The van der Waals surface area contributed by atoms with Crippen molar-refractivity contribution >= 4 is 17.9 Å². The van der Waals surface area contributed by atoms with Crippen molar-refractivity contribution in [1.29, 1.82) is 0 Å². The van der Waals surface area contributed by atoms with Crippen LogP contribution in [0, 0.1) is 0 Å². The molecule has 0 bridgehead atoms. The van der Waals surface area contributed by atoms with E-state index in [9.17, 15) is 4.79 Å². The van der Waals surface area contributed by atoms with E-state index in [1.54, 1.807) is 12.3 Å². The molecule has 1 saturated heterocycles. The average molecular weight is 246 g/mol. The van der Waals surface area contributed by atoms with Crippen LogP contribution in [0.2, 0.25) is 0 Å². The van der Waals surface area contributed by atoms with Crippen molar-refractivity contribution in [3.05, 3.63) is 30.0 Å². The molecular weight excluding hydrogens is 228 g/mol. The van der Waals surface area contributed by atoms with Crippen LogP contribution in [0.1, 0.15) is 31.7 Å². The Hall–Kier alpha value is -1.84. The molecule has 1 aromatic heterocycles. The quantitative estimate of drug-likeness (QED) is 0.829. The molecule has 0 amide bonds. The van der Waals surface area contributed by atoms with Crippen LogP contribution in [-0.4, -0.2) is 28.6 Å². The Morgan fingerprint density at radius 3 is 3.06 bits per heavy atom. The SMILES string of the molecule is CCC1CCCN1c1ccc(/C=C/C(=O)O)cn1. The van der Waals surface area contributed by atoms with Gasteiger partial charge in [-0.05, 0) is 43.0 Å². The van der Waals surface area contributed by atoms with Gasteiger partial charge in [0.2, 0.25) is 0 Å². The lowest BCUT2D eigenvalue weighted by atomic mass is 10.1. The zero-order valence-corrected chi connectivity index (χ0v) is 10.5. The molecule has 18 heavy (non-hydrogen) atoms. The molecule has 0 saturated carbocycles. The zero-order valence-electron chi connectivity index (χ0n) is 10.5. The van der Waals surface area contributed by atoms with Crippen molar-refractivity contribution in [2.24, 2.45) is 0 Å². The summed E-state index contributed by atoms with van der Waals surface area (Å²) in [5, 5.41) is 8.55. The molecule has 0 aromatic carbocycles. The zero-order chi connectivity index (χ0) is 13.0. The number of carbonyl (C=O) groups is 1. The number of hydrogen-bond acceptors (Lipinski definition) is 3. The molecule has 1 atom stereocenters. The Morgan fingerprint density at radius 1 is 1.61 bits per heavy atom. The summed E-state index contributed by atoms with van der Waals surface area (Å²) in [6, 6.07) is 4.47. The summed E-state index contributed by atoms with van der Waals surface area (Å²) >= 11 is 0. The highest BCUT2D eigenvalue weighted by Crippen LogP contribution is 2.25. The third-order valence-corrected chi connectivity index (χ3v) is 3.33. The highest BCUT2D eigenvalue weighted by molar-refractivity contribution is 5.85. The van der Waals surface area contributed by atoms with E-state index in [4.69, 9.17) is 5.11 Å². The van der Waals surface area contributed by atoms with E-state index in [0.29, 0.717) is 6.04 Å². The number of hydrogen-bond donors (Lipinski definition) is 1. The van der Waals surface area contributed by atoms with Gasteiger partial charge in [0.15, 0.2) is 0 Å². The molecule has 1 aliphatic heterocycles. The van der Waals surface area contributed by atoms with Gasteiger partial charge in [-0.3, -0.25) is 0 Å². The minimum atomic E-state index is -0.940. The van der Waals surface area contributed by atoms with Crippen molar-refractivity contribution in [3.8, 4) is 0 Å². The molecule has 1 fully saturated rings. The number of nitrogens with zero attached hydrogens (tertiary/aromatic N) is 2. The van der Waals surface area contributed by atoms with Gasteiger partial charge in [-0.25, -0.2) is 9.78 Å². The summed E-state index contributed by atoms with van der Waals surface area (Å²) in [5.41, 5.74) is 0.813. The van der Waals surface area contributed by atoms with Gasteiger partial charge in [0.05, 0.1) is 0 Å². The maximum absolute atomic E-state index is 10.4. The summed E-state index contributed by atoms with van der Waals surface area (Å²) in [6.45, 7) is 3.27. The van der Waals surface area contributed by atoms with Crippen LogP contribution in [0.25, 0.3) is 6.08 Å². The summed E-state index contributed by atoms with van der Waals surface area (Å²) in [6.07, 6.45) is 8.00. The molecule has 4 nitrogen and oxygen atoms in total. The van der Waals surface area contributed by atoms with E-state index < -0.39 is 5.97 Å². The first-order valence-electron chi connectivity index (χ1n) is 6.34. The van der Waals surface area contributed by atoms with E-state index in [-0.39, 0.29) is 0 Å². The molecule has 0 spiro atoms. The third kappa shape index (κ3) is 2.88. The number of pyridine rings is 1. The molecule has 0 aliphatic carbocycles. The number of carboxylic acid groups (broad SMARTS) is 1. The van der Waals surface area contributed by atoms with Gasteiger partial charge in [-0.15, -0.1) is 0 Å². The van der Waals surface area contributed by atoms with Crippen LogP contribution in [0.4, 0.5) is 5.82 Å². The summed E-state index contributed by atoms with van der Waals surface area (Å²) in [4.78, 5) is 17.2. The fraction of sp³-hybridized carbons (Fsp3) is 0.429. The summed E-state index contributed by atoms with van der Waals surface area (Å²) < 4.78 is 0. The average Bonchev–Trinajstić information content (AvgIpc) is 2.85. The van der Waals surface area contributed by atoms with Crippen molar-refractivity contribution < 1.29 is 9.90 Å². The highest BCUT2D eigenvalue weighted by atomic mass is 16.4. The number of rotatable bonds is 4.